The quantitative estimate of drug-likeness (QED) is 0.396. The average molecular weight is 568 g/mol. The lowest BCUT2D eigenvalue weighted by Gasteiger charge is -2.42. The van der Waals surface area contributed by atoms with Crippen LogP contribution >= 0.6 is 0 Å². The van der Waals surface area contributed by atoms with Gasteiger partial charge in [-0.15, -0.1) is 0 Å². The number of ether oxygens (including phenoxy) is 1. The van der Waals surface area contributed by atoms with Crippen molar-refractivity contribution < 1.29 is 24.2 Å². The van der Waals surface area contributed by atoms with Crippen molar-refractivity contribution in [1.29, 1.82) is 0 Å². The number of carbonyl (C=O) groups is 3. The number of carboxylic acid groups (broad SMARTS) is 1. The molecule has 2 fully saturated rings. The molecule has 1 aliphatic carbocycles. The minimum atomic E-state index is -0.975. The van der Waals surface area contributed by atoms with Gasteiger partial charge in [0.1, 0.15) is 12.6 Å². The maximum Gasteiger partial charge on any atom is 0.407 e. The molecule has 0 spiro atoms. The molecule has 218 valence electrons. The lowest BCUT2D eigenvalue weighted by atomic mass is 9.83. The molecule has 3 aromatic rings. The highest BCUT2D eigenvalue weighted by Crippen LogP contribution is 2.44. The Morgan fingerprint density at radius 1 is 0.857 bits per heavy atom. The molecule has 6 rings (SSSR count). The van der Waals surface area contributed by atoms with Crippen LogP contribution in [-0.4, -0.2) is 70.7 Å². The smallest absolute Gasteiger partial charge is 0.407 e. The molecule has 0 saturated carbocycles. The van der Waals surface area contributed by atoms with Gasteiger partial charge >= 0.3 is 12.1 Å². The van der Waals surface area contributed by atoms with Gasteiger partial charge in [-0.1, -0.05) is 78.9 Å². The Bertz CT molecular complexity index is 1400. The van der Waals surface area contributed by atoms with Crippen molar-refractivity contribution in [1.82, 2.24) is 15.1 Å². The lowest BCUT2D eigenvalue weighted by molar-refractivity contribution is -0.149. The third-order valence-electron chi connectivity index (χ3n) is 9.12. The molecule has 42 heavy (non-hydrogen) atoms. The molecule has 3 aliphatic rings. The number of amides is 2. The van der Waals surface area contributed by atoms with Gasteiger partial charge in [-0.2, -0.15) is 0 Å². The number of alkyl carbamates (subject to hydrolysis) is 1. The first-order valence-corrected chi connectivity index (χ1v) is 14.8. The van der Waals surface area contributed by atoms with Gasteiger partial charge in [-0.3, -0.25) is 9.69 Å². The van der Waals surface area contributed by atoms with Crippen LogP contribution in [0.4, 0.5) is 4.79 Å². The molecular formula is C34H37N3O5. The first kappa shape index (κ1) is 28.0. The zero-order chi connectivity index (χ0) is 29.1. The van der Waals surface area contributed by atoms with E-state index in [4.69, 9.17) is 4.74 Å². The number of rotatable bonds is 8. The second-order valence-corrected chi connectivity index (χ2v) is 11.8. The van der Waals surface area contributed by atoms with Crippen molar-refractivity contribution in [3.8, 4) is 11.1 Å². The standard InChI is InChI=1S/C34H37N3O5/c38-31(37-18-8-15-30(37)32(39)40)21-34(16-19-36(20-17-34)22-24-9-2-1-3-10-24)35-33(41)42-23-29-27-13-6-4-11-25(27)26-12-5-7-14-28(26)29/h1-7,9-14,29-30H,8,15-23H2,(H,35,41)(H,39,40)/t30-/m1/s1. The minimum Gasteiger partial charge on any atom is -0.480 e. The number of carboxylic acids is 1. The van der Waals surface area contributed by atoms with Crippen molar-refractivity contribution in [3.05, 3.63) is 95.6 Å². The molecule has 3 aromatic carbocycles. The van der Waals surface area contributed by atoms with Gasteiger partial charge < -0.3 is 20.1 Å². The van der Waals surface area contributed by atoms with Crippen molar-refractivity contribution in [2.75, 3.05) is 26.2 Å². The van der Waals surface area contributed by atoms with Crippen molar-refractivity contribution >= 4 is 18.0 Å². The number of nitrogens with one attached hydrogen (secondary N) is 1. The van der Waals surface area contributed by atoms with E-state index in [2.05, 4.69) is 46.6 Å². The van der Waals surface area contributed by atoms with Gasteiger partial charge in [-0.25, -0.2) is 9.59 Å². The second-order valence-electron chi connectivity index (χ2n) is 11.8. The Kier molecular flexibility index (Phi) is 7.98. The number of fused-ring (bicyclic) bond motifs is 3. The molecule has 2 N–H and O–H groups in total. The molecule has 8 nitrogen and oxygen atoms in total. The zero-order valence-electron chi connectivity index (χ0n) is 23.7. The fourth-order valence-corrected chi connectivity index (χ4v) is 6.89. The Balaban J connectivity index is 1.15. The summed E-state index contributed by atoms with van der Waals surface area (Å²) in [6.45, 7) is 2.82. The fraction of sp³-hybridized carbons (Fsp3) is 0.382. The van der Waals surface area contributed by atoms with Crippen molar-refractivity contribution in [3.63, 3.8) is 0 Å². The number of carbonyl (C=O) groups excluding carboxylic acids is 2. The summed E-state index contributed by atoms with van der Waals surface area (Å²) in [5.74, 6) is -1.26. The SMILES string of the molecule is O=C(NC1(CC(=O)N2CCC[C@@H]2C(=O)O)CCN(Cc2ccccc2)CC1)OCC1c2ccccc2-c2ccccc21. The Labute approximate surface area is 246 Å². The van der Waals surface area contributed by atoms with E-state index in [-0.39, 0.29) is 24.9 Å². The van der Waals surface area contributed by atoms with Gasteiger partial charge in [0.15, 0.2) is 0 Å². The van der Waals surface area contributed by atoms with Crippen molar-refractivity contribution in [2.45, 2.75) is 56.1 Å². The molecule has 2 saturated heterocycles. The monoisotopic (exact) mass is 567 g/mol. The fourth-order valence-electron chi connectivity index (χ4n) is 6.89. The highest BCUT2D eigenvalue weighted by atomic mass is 16.5. The highest BCUT2D eigenvalue weighted by Gasteiger charge is 2.42. The number of piperidine rings is 1. The van der Waals surface area contributed by atoms with Gasteiger partial charge in [0.05, 0.1) is 12.0 Å². The summed E-state index contributed by atoms with van der Waals surface area (Å²) in [7, 11) is 0. The number of aliphatic carboxylic acids is 1. The number of likely N-dealkylation sites (tertiary alicyclic amines) is 2. The number of hydrogen-bond donors (Lipinski definition) is 2. The van der Waals surface area contributed by atoms with Crippen molar-refractivity contribution in [2.24, 2.45) is 0 Å². The Morgan fingerprint density at radius 3 is 2.12 bits per heavy atom. The Hall–Kier alpha value is -4.17. The van der Waals surface area contributed by atoms with E-state index in [1.807, 2.05) is 42.5 Å². The first-order chi connectivity index (χ1) is 20.4. The molecule has 0 unspecified atom stereocenters. The number of benzene rings is 3. The topological polar surface area (TPSA) is 99.2 Å². The van der Waals surface area contributed by atoms with E-state index in [0.29, 0.717) is 45.3 Å². The van der Waals surface area contributed by atoms with Crippen LogP contribution in [0.1, 0.15) is 54.7 Å². The van der Waals surface area contributed by atoms with Crippen LogP contribution < -0.4 is 5.32 Å². The van der Waals surface area contributed by atoms with E-state index < -0.39 is 23.6 Å². The van der Waals surface area contributed by atoms with Gasteiger partial charge in [0, 0.05) is 32.1 Å². The maximum atomic E-state index is 13.5. The maximum absolute atomic E-state index is 13.5. The van der Waals surface area contributed by atoms with Crippen LogP contribution in [0.2, 0.25) is 0 Å². The molecule has 2 heterocycles. The zero-order valence-corrected chi connectivity index (χ0v) is 23.7. The van der Waals surface area contributed by atoms with E-state index in [0.717, 1.165) is 28.8 Å². The molecular weight excluding hydrogens is 530 g/mol. The normalized spacial score (nSPS) is 19.6. The van der Waals surface area contributed by atoms with E-state index in [9.17, 15) is 19.5 Å². The van der Waals surface area contributed by atoms with E-state index in [1.165, 1.54) is 10.5 Å². The van der Waals surface area contributed by atoms with E-state index in [1.54, 1.807) is 0 Å². The summed E-state index contributed by atoms with van der Waals surface area (Å²) >= 11 is 0. The minimum absolute atomic E-state index is 0.0557. The van der Waals surface area contributed by atoms with Crippen LogP contribution in [0.15, 0.2) is 78.9 Å². The third-order valence-corrected chi connectivity index (χ3v) is 9.12. The summed E-state index contributed by atoms with van der Waals surface area (Å²) in [6.07, 6.45) is 1.78. The predicted octanol–water partition coefficient (Wildman–Crippen LogP) is 5.03. The summed E-state index contributed by atoms with van der Waals surface area (Å²) in [4.78, 5) is 42.4. The molecule has 1 atom stereocenters. The van der Waals surface area contributed by atoms with Crippen LogP contribution in [-0.2, 0) is 20.9 Å². The average Bonchev–Trinajstić information content (AvgIpc) is 3.62. The number of hydrogen-bond acceptors (Lipinski definition) is 5. The molecule has 0 radical (unpaired) electrons. The predicted molar refractivity (Wildman–Crippen MR) is 159 cm³/mol. The van der Waals surface area contributed by atoms with Crippen LogP contribution in [0.5, 0.6) is 0 Å². The lowest BCUT2D eigenvalue weighted by Crippen LogP contribution is -2.58. The Morgan fingerprint density at radius 2 is 1.48 bits per heavy atom. The number of nitrogens with zero attached hydrogens (tertiary/aromatic N) is 2. The first-order valence-electron chi connectivity index (χ1n) is 14.8. The molecule has 2 aliphatic heterocycles. The van der Waals surface area contributed by atoms with Gasteiger partial charge in [0.25, 0.3) is 0 Å². The third kappa shape index (κ3) is 5.77. The van der Waals surface area contributed by atoms with Gasteiger partial charge in [-0.05, 0) is 53.5 Å². The largest absolute Gasteiger partial charge is 0.480 e. The van der Waals surface area contributed by atoms with Crippen LogP contribution in [0.25, 0.3) is 11.1 Å². The molecule has 0 bridgehead atoms. The molecule has 2 amide bonds. The van der Waals surface area contributed by atoms with E-state index >= 15 is 0 Å². The molecule has 0 aromatic heterocycles. The second kappa shape index (κ2) is 12.0. The van der Waals surface area contributed by atoms with Gasteiger partial charge in [0.2, 0.25) is 5.91 Å². The summed E-state index contributed by atoms with van der Waals surface area (Å²) in [6, 6.07) is 25.8. The summed E-state index contributed by atoms with van der Waals surface area (Å²) < 4.78 is 5.87. The van der Waals surface area contributed by atoms with Crippen LogP contribution in [0.3, 0.4) is 0 Å². The molecule has 8 heteroatoms. The summed E-state index contributed by atoms with van der Waals surface area (Å²) in [5, 5.41) is 12.8. The summed E-state index contributed by atoms with van der Waals surface area (Å²) in [5.41, 5.74) is 5.01. The highest BCUT2D eigenvalue weighted by molar-refractivity contribution is 5.85. The van der Waals surface area contributed by atoms with Crippen LogP contribution in [0, 0.1) is 0 Å².